The maximum absolute atomic E-state index is 4.55. The highest BCUT2D eigenvalue weighted by atomic mass is 15.1. The third-order valence-corrected chi connectivity index (χ3v) is 3.47. The molecule has 3 heterocycles. The van der Waals surface area contributed by atoms with Gasteiger partial charge in [-0.1, -0.05) is 6.07 Å². The molecule has 3 rings (SSSR count). The first-order valence-corrected chi connectivity index (χ1v) is 7.38. The summed E-state index contributed by atoms with van der Waals surface area (Å²) in [5.41, 5.74) is 3.77. The van der Waals surface area contributed by atoms with Gasteiger partial charge in [0.1, 0.15) is 5.82 Å². The fourth-order valence-corrected chi connectivity index (χ4v) is 2.08. The van der Waals surface area contributed by atoms with Crippen molar-refractivity contribution in [3.05, 3.63) is 65.9 Å². The van der Waals surface area contributed by atoms with E-state index in [1.165, 1.54) is 0 Å². The average Bonchev–Trinajstić information content (AvgIpc) is 2.59. The van der Waals surface area contributed by atoms with Crippen molar-refractivity contribution in [1.82, 2.24) is 19.9 Å². The molecule has 0 bridgehead atoms. The Labute approximate surface area is 135 Å². The van der Waals surface area contributed by atoms with E-state index in [-0.39, 0.29) is 0 Å². The van der Waals surface area contributed by atoms with E-state index in [2.05, 4.69) is 30.6 Å². The smallest absolute Gasteiger partial charge is 0.225 e. The van der Waals surface area contributed by atoms with Crippen LogP contribution in [-0.2, 0) is 6.54 Å². The van der Waals surface area contributed by atoms with Crippen LogP contribution in [0.15, 0.2) is 48.9 Å². The van der Waals surface area contributed by atoms with E-state index in [1.54, 1.807) is 18.6 Å². The largest absolute Gasteiger partial charge is 0.349 e. The van der Waals surface area contributed by atoms with Gasteiger partial charge in [-0.25, -0.2) is 4.98 Å². The van der Waals surface area contributed by atoms with E-state index in [0.29, 0.717) is 12.5 Å². The summed E-state index contributed by atoms with van der Waals surface area (Å²) >= 11 is 0. The molecular formula is C17H18N6. The molecule has 0 amide bonds. The number of nitrogens with zero attached hydrogens (tertiary/aromatic N) is 4. The van der Waals surface area contributed by atoms with Gasteiger partial charge in [0, 0.05) is 23.7 Å². The molecule has 116 valence electrons. The molecule has 2 N–H and O–H groups in total. The molecule has 0 aromatic carbocycles. The first-order valence-electron chi connectivity index (χ1n) is 7.38. The van der Waals surface area contributed by atoms with Crippen molar-refractivity contribution < 1.29 is 0 Å². The fraction of sp³-hybridized carbons (Fsp3) is 0.176. The summed E-state index contributed by atoms with van der Waals surface area (Å²) in [7, 11) is 0. The minimum atomic E-state index is 0.574. The first-order chi connectivity index (χ1) is 11.2. The van der Waals surface area contributed by atoms with Crippen molar-refractivity contribution in [3.8, 4) is 0 Å². The Kier molecular flexibility index (Phi) is 4.42. The number of nitrogens with one attached hydrogen (secondary N) is 2. The number of hydrogen-bond acceptors (Lipinski definition) is 6. The Hall–Kier alpha value is -3.02. The number of aryl methyl sites for hydroxylation is 1. The highest BCUT2D eigenvalue weighted by Crippen LogP contribution is 2.21. The lowest BCUT2D eigenvalue weighted by molar-refractivity contribution is 0.981. The molecule has 0 unspecified atom stereocenters. The quantitative estimate of drug-likeness (QED) is 0.753. The van der Waals surface area contributed by atoms with Crippen molar-refractivity contribution in [3.63, 3.8) is 0 Å². The molecule has 3 aromatic rings. The third kappa shape index (κ3) is 3.79. The van der Waals surface area contributed by atoms with E-state index in [4.69, 9.17) is 0 Å². The molecule has 0 spiro atoms. The van der Waals surface area contributed by atoms with Gasteiger partial charge in [-0.3, -0.25) is 9.97 Å². The zero-order valence-corrected chi connectivity index (χ0v) is 13.1. The molecule has 0 fully saturated rings. The molecule has 0 aliphatic carbocycles. The van der Waals surface area contributed by atoms with Gasteiger partial charge in [-0.05, 0) is 38.1 Å². The Balaban J connectivity index is 1.79. The van der Waals surface area contributed by atoms with Crippen molar-refractivity contribution in [1.29, 1.82) is 0 Å². The van der Waals surface area contributed by atoms with Gasteiger partial charge in [0.05, 0.1) is 24.1 Å². The zero-order chi connectivity index (χ0) is 16.1. The molecular weight excluding hydrogens is 288 g/mol. The highest BCUT2D eigenvalue weighted by molar-refractivity contribution is 5.60. The summed E-state index contributed by atoms with van der Waals surface area (Å²) in [6.07, 6.45) is 5.27. The normalized spacial score (nSPS) is 10.3. The molecule has 3 aromatic heterocycles. The lowest BCUT2D eigenvalue weighted by Gasteiger charge is -2.13. The molecule has 6 nitrogen and oxygen atoms in total. The average molecular weight is 306 g/mol. The molecule has 6 heteroatoms. The Morgan fingerprint density at radius 3 is 2.65 bits per heavy atom. The van der Waals surface area contributed by atoms with E-state index >= 15 is 0 Å². The van der Waals surface area contributed by atoms with Crippen LogP contribution in [0.3, 0.4) is 0 Å². The summed E-state index contributed by atoms with van der Waals surface area (Å²) in [4.78, 5) is 17.4. The van der Waals surface area contributed by atoms with Crippen molar-refractivity contribution >= 4 is 17.5 Å². The molecule has 0 aliphatic rings. The summed E-state index contributed by atoms with van der Waals surface area (Å²) in [6, 6.07) is 9.65. The number of pyridine rings is 2. The van der Waals surface area contributed by atoms with Crippen LogP contribution < -0.4 is 10.6 Å². The van der Waals surface area contributed by atoms with Gasteiger partial charge in [-0.2, -0.15) is 4.98 Å². The highest BCUT2D eigenvalue weighted by Gasteiger charge is 2.08. The van der Waals surface area contributed by atoms with E-state index in [0.717, 1.165) is 28.5 Å². The van der Waals surface area contributed by atoms with Crippen LogP contribution >= 0.6 is 0 Å². The number of hydrogen-bond donors (Lipinski definition) is 2. The van der Waals surface area contributed by atoms with Crippen LogP contribution in [0.4, 0.5) is 17.5 Å². The minimum Gasteiger partial charge on any atom is -0.349 e. The van der Waals surface area contributed by atoms with Gasteiger partial charge >= 0.3 is 0 Å². The standard InChI is InChI=1S/C17H18N6/c1-12-13(2)21-17(20-11-14-6-3-4-9-19-14)23-16(12)22-15-7-5-8-18-10-15/h3-10H,11H2,1-2H3,(H2,20,21,22,23). The van der Waals surface area contributed by atoms with Crippen LogP contribution in [0, 0.1) is 13.8 Å². The number of rotatable bonds is 5. The van der Waals surface area contributed by atoms with Crippen LogP contribution in [-0.4, -0.2) is 19.9 Å². The molecule has 0 saturated carbocycles. The summed E-state index contributed by atoms with van der Waals surface area (Å²) in [5.74, 6) is 1.35. The molecule has 0 saturated heterocycles. The molecule has 0 radical (unpaired) electrons. The lowest BCUT2D eigenvalue weighted by Crippen LogP contribution is -2.09. The summed E-state index contributed by atoms with van der Waals surface area (Å²) < 4.78 is 0. The SMILES string of the molecule is Cc1nc(NCc2ccccn2)nc(Nc2cccnc2)c1C. The van der Waals surface area contributed by atoms with Gasteiger partial charge in [0.25, 0.3) is 0 Å². The monoisotopic (exact) mass is 306 g/mol. The van der Waals surface area contributed by atoms with Crippen molar-refractivity contribution in [2.75, 3.05) is 10.6 Å². The summed E-state index contributed by atoms with van der Waals surface area (Å²) in [5, 5.41) is 6.50. The Bertz CT molecular complexity index is 774. The topological polar surface area (TPSA) is 75.6 Å². The van der Waals surface area contributed by atoms with Crippen LogP contribution in [0.1, 0.15) is 17.0 Å². The second kappa shape index (κ2) is 6.83. The fourth-order valence-electron chi connectivity index (χ4n) is 2.08. The lowest BCUT2D eigenvalue weighted by atomic mass is 10.2. The van der Waals surface area contributed by atoms with Gasteiger partial charge in [0.2, 0.25) is 5.95 Å². The second-order valence-corrected chi connectivity index (χ2v) is 5.15. The zero-order valence-electron chi connectivity index (χ0n) is 13.1. The van der Waals surface area contributed by atoms with E-state index in [1.807, 2.05) is 44.2 Å². The minimum absolute atomic E-state index is 0.574. The van der Waals surface area contributed by atoms with Gasteiger partial charge < -0.3 is 10.6 Å². The maximum atomic E-state index is 4.55. The van der Waals surface area contributed by atoms with Gasteiger partial charge in [0.15, 0.2) is 0 Å². The summed E-state index contributed by atoms with van der Waals surface area (Å²) in [6.45, 7) is 4.55. The van der Waals surface area contributed by atoms with E-state index in [9.17, 15) is 0 Å². The third-order valence-electron chi connectivity index (χ3n) is 3.47. The molecule has 23 heavy (non-hydrogen) atoms. The maximum Gasteiger partial charge on any atom is 0.225 e. The molecule has 0 atom stereocenters. The van der Waals surface area contributed by atoms with Crippen LogP contribution in [0.2, 0.25) is 0 Å². The van der Waals surface area contributed by atoms with Gasteiger partial charge in [-0.15, -0.1) is 0 Å². The Morgan fingerprint density at radius 1 is 1.00 bits per heavy atom. The van der Waals surface area contributed by atoms with E-state index < -0.39 is 0 Å². The molecule has 0 aliphatic heterocycles. The predicted molar refractivity (Wildman–Crippen MR) is 90.6 cm³/mol. The number of anilines is 3. The van der Waals surface area contributed by atoms with Crippen LogP contribution in [0.25, 0.3) is 0 Å². The van der Waals surface area contributed by atoms with Crippen LogP contribution in [0.5, 0.6) is 0 Å². The second-order valence-electron chi connectivity index (χ2n) is 5.15. The van der Waals surface area contributed by atoms with Crippen molar-refractivity contribution in [2.45, 2.75) is 20.4 Å². The first kappa shape index (κ1) is 14.9. The Morgan fingerprint density at radius 2 is 1.91 bits per heavy atom. The predicted octanol–water partition coefficient (Wildman–Crippen LogP) is 3.24. The number of aromatic nitrogens is 4. The van der Waals surface area contributed by atoms with Crippen molar-refractivity contribution in [2.24, 2.45) is 0 Å².